The number of aromatic nitrogens is 1. The molecule has 0 bridgehead atoms. The first-order chi connectivity index (χ1) is 11.5. The van der Waals surface area contributed by atoms with Gasteiger partial charge in [0.25, 0.3) is 11.5 Å². The number of ether oxygens (including phenoxy) is 1. The Hall–Kier alpha value is -2.34. The number of amides is 1. The maximum atomic E-state index is 13.2. The standard InChI is InChI=1S/C17H16ClFN2O3/c18-11-1-3-13(4-2-11)24-14-5-7-21(8-6-14)17(23)15-9-12(19)10-20-16(15)22/h1-4,9-10,14H,5-8H2,(H,20,22). The zero-order valence-electron chi connectivity index (χ0n) is 12.8. The van der Waals surface area contributed by atoms with E-state index >= 15 is 0 Å². The lowest BCUT2D eigenvalue weighted by Crippen LogP contribution is -2.43. The molecular weight excluding hydrogens is 335 g/mol. The van der Waals surface area contributed by atoms with Crippen molar-refractivity contribution in [3.8, 4) is 5.75 Å². The molecule has 1 aromatic heterocycles. The third kappa shape index (κ3) is 3.76. The monoisotopic (exact) mass is 350 g/mol. The Labute approximate surface area is 143 Å². The number of nitrogens with one attached hydrogen (secondary N) is 1. The van der Waals surface area contributed by atoms with Crippen LogP contribution >= 0.6 is 11.6 Å². The van der Waals surface area contributed by atoms with E-state index in [1.807, 2.05) is 0 Å². The zero-order chi connectivity index (χ0) is 17.1. The molecule has 0 aliphatic carbocycles. The van der Waals surface area contributed by atoms with Crippen LogP contribution in [0.3, 0.4) is 0 Å². The van der Waals surface area contributed by atoms with Gasteiger partial charge in [0, 0.05) is 37.2 Å². The van der Waals surface area contributed by atoms with Crippen LogP contribution < -0.4 is 10.3 Å². The molecule has 1 aliphatic heterocycles. The average Bonchev–Trinajstić information content (AvgIpc) is 2.59. The quantitative estimate of drug-likeness (QED) is 0.925. The van der Waals surface area contributed by atoms with Crippen molar-refractivity contribution >= 4 is 17.5 Å². The summed E-state index contributed by atoms with van der Waals surface area (Å²) in [6, 6.07) is 8.08. The highest BCUT2D eigenvalue weighted by molar-refractivity contribution is 6.30. The Morgan fingerprint density at radius 2 is 1.92 bits per heavy atom. The molecule has 0 atom stereocenters. The number of benzene rings is 1. The topological polar surface area (TPSA) is 62.4 Å². The fourth-order valence-electron chi connectivity index (χ4n) is 2.67. The summed E-state index contributed by atoms with van der Waals surface area (Å²) in [5.41, 5.74) is -0.756. The molecule has 7 heteroatoms. The van der Waals surface area contributed by atoms with E-state index < -0.39 is 17.3 Å². The van der Waals surface area contributed by atoms with Crippen molar-refractivity contribution in [2.75, 3.05) is 13.1 Å². The van der Waals surface area contributed by atoms with E-state index in [4.69, 9.17) is 16.3 Å². The second-order valence-electron chi connectivity index (χ2n) is 5.62. The van der Waals surface area contributed by atoms with E-state index in [2.05, 4.69) is 4.98 Å². The molecule has 1 aromatic carbocycles. The summed E-state index contributed by atoms with van der Waals surface area (Å²) in [6.07, 6.45) is 2.20. The van der Waals surface area contributed by atoms with E-state index in [-0.39, 0.29) is 11.7 Å². The minimum absolute atomic E-state index is 0.0129. The minimum Gasteiger partial charge on any atom is -0.490 e. The maximum Gasteiger partial charge on any atom is 0.260 e. The molecule has 0 spiro atoms. The number of hydrogen-bond donors (Lipinski definition) is 1. The van der Waals surface area contributed by atoms with Gasteiger partial charge in [-0.05, 0) is 30.3 Å². The Bertz CT molecular complexity index is 783. The number of rotatable bonds is 3. The van der Waals surface area contributed by atoms with E-state index in [1.54, 1.807) is 29.2 Å². The van der Waals surface area contributed by atoms with Gasteiger partial charge in [0.05, 0.1) is 0 Å². The third-order valence-corrected chi connectivity index (χ3v) is 4.20. The summed E-state index contributed by atoms with van der Waals surface area (Å²) in [4.78, 5) is 27.8. The summed E-state index contributed by atoms with van der Waals surface area (Å²) in [5, 5.41) is 0.642. The van der Waals surface area contributed by atoms with E-state index in [1.165, 1.54) is 0 Å². The molecule has 1 saturated heterocycles. The van der Waals surface area contributed by atoms with Gasteiger partial charge >= 0.3 is 0 Å². The number of piperidine rings is 1. The van der Waals surface area contributed by atoms with Gasteiger partial charge in [-0.3, -0.25) is 9.59 Å². The maximum absolute atomic E-state index is 13.2. The van der Waals surface area contributed by atoms with Crippen LogP contribution in [-0.4, -0.2) is 35.0 Å². The SMILES string of the molecule is O=C(c1cc(F)c[nH]c1=O)N1CCC(Oc2ccc(Cl)cc2)CC1. The predicted molar refractivity (Wildman–Crippen MR) is 88.0 cm³/mol. The highest BCUT2D eigenvalue weighted by Gasteiger charge is 2.26. The number of H-pyrrole nitrogens is 1. The molecule has 3 rings (SSSR count). The summed E-state index contributed by atoms with van der Waals surface area (Å²) in [6.45, 7) is 0.903. The molecule has 24 heavy (non-hydrogen) atoms. The number of aromatic amines is 1. The molecule has 0 radical (unpaired) electrons. The molecule has 1 amide bonds. The lowest BCUT2D eigenvalue weighted by molar-refractivity contribution is 0.0593. The lowest BCUT2D eigenvalue weighted by Gasteiger charge is -2.32. The van der Waals surface area contributed by atoms with Crippen molar-refractivity contribution in [2.24, 2.45) is 0 Å². The number of carbonyl (C=O) groups is 1. The van der Waals surface area contributed by atoms with Gasteiger partial charge in [-0.15, -0.1) is 0 Å². The molecule has 1 N–H and O–H groups in total. The number of pyridine rings is 1. The highest BCUT2D eigenvalue weighted by atomic mass is 35.5. The van der Waals surface area contributed by atoms with Crippen LogP contribution in [0.1, 0.15) is 23.2 Å². The molecule has 2 aromatic rings. The highest BCUT2D eigenvalue weighted by Crippen LogP contribution is 2.21. The lowest BCUT2D eigenvalue weighted by atomic mass is 10.1. The number of carbonyl (C=O) groups excluding carboxylic acids is 1. The summed E-state index contributed by atoms with van der Waals surface area (Å²) in [5.74, 6) is -0.370. The Kier molecular flexibility index (Phi) is 4.85. The fraction of sp³-hybridized carbons (Fsp3) is 0.294. The van der Waals surface area contributed by atoms with Crippen LogP contribution in [0.4, 0.5) is 4.39 Å². The molecule has 126 valence electrons. The smallest absolute Gasteiger partial charge is 0.260 e. The predicted octanol–water partition coefficient (Wildman–Crippen LogP) is 2.85. The van der Waals surface area contributed by atoms with Gasteiger partial charge < -0.3 is 14.6 Å². The van der Waals surface area contributed by atoms with Crippen LogP contribution in [-0.2, 0) is 0 Å². The first-order valence-corrected chi connectivity index (χ1v) is 8.00. The largest absolute Gasteiger partial charge is 0.490 e. The van der Waals surface area contributed by atoms with Crippen molar-refractivity contribution in [1.82, 2.24) is 9.88 Å². The molecule has 0 unspecified atom stereocenters. The molecule has 1 aliphatic rings. The molecule has 5 nitrogen and oxygen atoms in total. The average molecular weight is 351 g/mol. The number of nitrogens with zero attached hydrogens (tertiary/aromatic N) is 1. The molecular formula is C17H16ClFN2O3. The van der Waals surface area contributed by atoms with Crippen LogP contribution in [0.25, 0.3) is 0 Å². The number of halogens is 2. The summed E-state index contributed by atoms with van der Waals surface area (Å²) < 4.78 is 19.1. The summed E-state index contributed by atoms with van der Waals surface area (Å²) in [7, 11) is 0. The normalized spacial score (nSPS) is 15.3. The van der Waals surface area contributed by atoms with E-state index in [0.717, 1.165) is 18.0 Å². The zero-order valence-corrected chi connectivity index (χ0v) is 13.6. The van der Waals surface area contributed by atoms with E-state index in [0.29, 0.717) is 31.0 Å². The van der Waals surface area contributed by atoms with Crippen molar-refractivity contribution in [1.29, 1.82) is 0 Å². The second-order valence-corrected chi connectivity index (χ2v) is 6.06. The Morgan fingerprint density at radius 1 is 1.25 bits per heavy atom. The first-order valence-electron chi connectivity index (χ1n) is 7.62. The van der Waals surface area contributed by atoms with E-state index in [9.17, 15) is 14.0 Å². The van der Waals surface area contributed by atoms with Gasteiger partial charge in [-0.1, -0.05) is 11.6 Å². The van der Waals surface area contributed by atoms with Gasteiger partial charge in [0.15, 0.2) is 0 Å². The second kappa shape index (κ2) is 7.05. The van der Waals surface area contributed by atoms with Crippen molar-refractivity contribution in [2.45, 2.75) is 18.9 Å². The van der Waals surface area contributed by atoms with Gasteiger partial charge in [0.1, 0.15) is 23.2 Å². The van der Waals surface area contributed by atoms with Gasteiger partial charge in [-0.2, -0.15) is 0 Å². The van der Waals surface area contributed by atoms with Crippen LogP contribution in [0.5, 0.6) is 5.75 Å². The molecule has 0 saturated carbocycles. The molecule has 1 fully saturated rings. The van der Waals surface area contributed by atoms with Gasteiger partial charge in [-0.25, -0.2) is 4.39 Å². The third-order valence-electron chi connectivity index (χ3n) is 3.94. The number of likely N-dealkylation sites (tertiary alicyclic amines) is 1. The minimum atomic E-state index is -0.640. The Morgan fingerprint density at radius 3 is 2.58 bits per heavy atom. The number of hydrogen-bond acceptors (Lipinski definition) is 3. The Balaban J connectivity index is 1.60. The van der Waals surface area contributed by atoms with Crippen molar-refractivity contribution in [3.05, 3.63) is 63.3 Å². The van der Waals surface area contributed by atoms with Crippen molar-refractivity contribution in [3.63, 3.8) is 0 Å². The van der Waals surface area contributed by atoms with Crippen molar-refractivity contribution < 1.29 is 13.9 Å². The summed E-state index contributed by atoms with van der Waals surface area (Å²) >= 11 is 5.84. The van der Waals surface area contributed by atoms with Crippen LogP contribution in [0, 0.1) is 5.82 Å². The molecule has 2 heterocycles. The van der Waals surface area contributed by atoms with Crippen LogP contribution in [0.2, 0.25) is 5.02 Å². The fourth-order valence-corrected chi connectivity index (χ4v) is 2.79. The van der Waals surface area contributed by atoms with Gasteiger partial charge in [0.2, 0.25) is 0 Å². The van der Waals surface area contributed by atoms with Crippen LogP contribution in [0.15, 0.2) is 41.3 Å². The first kappa shape index (κ1) is 16.5.